The fourth-order valence-corrected chi connectivity index (χ4v) is 2.83. The van der Waals surface area contributed by atoms with Gasteiger partial charge in [-0.15, -0.1) is 0 Å². The van der Waals surface area contributed by atoms with Crippen LogP contribution in [-0.2, 0) is 19.6 Å². The standard InChI is InChI=1S/C16H16N4O5S/c1-10-9-11(2)18-16(17-10)20-26(24,25)13-5-3-12(4-6-13)19-14(21)7-8-15(22)23/h3-9H,1-2H3,(H3,17,18,19,20,21,22,23)/p-2. The highest BCUT2D eigenvalue weighted by molar-refractivity contribution is 7.94. The molecule has 0 atom stereocenters. The minimum atomic E-state index is -4.03. The first-order chi connectivity index (χ1) is 12.2. The molecule has 10 heteroatoms. The molecule has 0 fully saturated rings. The zero-order valence-corrected chi connectivity index (χ0v) is 14.6. The molecule has 0 bridgehead atoms. The van der Waals surface area contributed by atoms with E-state index in [1.165, 1.54) is 24.3 Å². The van der Waals surface area contributed by atoms with Gasteiger partial charge in [-0.1, -0.05) is 6.07 Å². The third-order valence-electron chi connectivity index (χ3n) is 2.96. The number of benzene rings is 1. The minimum Gasteiger partial charge on any atom is -0.545 e. The summed E-state index contributed by atoms with van der Waals surface area (Å²) in [6.07, 6.45) is 1.36. The smallest absolute Gasteiger partial charge is 0.248 e. The molecule has 1 aromatic heterocycles. The number of aryl methyl sites for hydroxylation is 2. The Hall–Kier alpha value is -3.27. The van der Waals surface area contributed by atoms with Crippen LogP contribution in [0.3, 0.4) is 0 Å². The Bertz CT molecular complexity index is 948. The maximum atomic E-state index is 12.3. The molecule has 0 spiro atoms. The second-order valence-corrected chi connectivity index (χ2v) is 6.79. The Kier molecular flexibility index (Phi) is 5.68. The molecule has 26 heavy (non-hydrogen) atoms. The lowest BCUT2D eigenvalue weighted by atomic mass is 10.3. The van der Waals surface area contributed by atoms with Crippen LogP contribution in [0.25, 0.3) is 4.72 Å². The zero-order chi connectivity index (χ0) is 19.3. The maximum absolute atomic E-state index is 12.3. The van der Waals surface area contributed by atoms with Gasteiger partial charge in [0.2, 0.25) is 15.9 Å². The van der Waals surface area contributed by atoms with Crippen LogP contribution in [0.1, 0.15) is 11.4 Å². The van der Waals surface area contributed by atoms with Crippen molar-refractivity contribution in [3.8, 4) is 0 Å². The molecule has 0 saturated carbocycles. The molecule has 2 rings (SSSR count). The summed E-state index contributed by atoms with van der Waals surface area (Å²) in [6, 6.07) is 6.88. The Morgan fingerprint density at radius 1 is 1.08 bits per heavy atom. The van der Waals surface area contributed by atoms with Crippen molar-refractivity contribution in [2.75, 3.05) is 5.32 Å². The predicted octanol–water partition coefficient (Wildman–Crippen LogP) is 0.732. The monoisotopic (exact) mass is 374 g/mol. The van der Waals surface area contributed by atoms with Crippen molar-refractivity contribution in [2.24, 2.45) is 0 Å². The molecular weight excluding hydrogens is 360 g/mol. The molecule has 1 N–H and O–H groups in total. The predicted molar refractivity (Wildman–Crippen MR) is 90.9 cm³/mol. The van der Waals surface area contributed by atoms with E-state index in [0.717, 1.165) is 6.08 Å². The van der Waals surface area contributed by atoms with E-state index in [1.54, 1.807) is 19.9 Å². The van der Waals surface area contributed by atoms with Crippen molar-refractivity contribution in [3.63, 3.8) is 0 Å². The van der Waals surface area contributed by atoms with Crippen LogP contribution in [0.4, 0.5) is 11.6 Å². The number of hydrogen-bond acceptors (Lipinski definition) is 7. The number of rotatable bonds is 6. The van der Waals surface area contributed by atoms with Crippen molar-refractivity contribution in [3.05, 3.63) is 58.6 Å². The zero-order valence-electron chi connectivity index (χ0n) is 13.8. The molecule has 2 aromatic rings. The van der Waals surface area contributed by atoms with E-state index in [9.17, 15) is 23.1 Å². The summed E-state index contributed by atoms with van der Waals surface area (Å²) in [5, 5.41) is 12.6. The van der Waals surface area contributed by atoms with Gasteiger partial charge in [-0.3, -0.25) is 9.52 Å². The normalized spacial score (nSPS) is 11.3. The minimum absolute atomic E-state index is 0.108. The van der Waals surface area contributed by atoms with Crippen molar-refractivity contribution in [2.45, 2.75) is 18.7 Å². The van der Waals surface area contributed by atoms with Gasteiger partial charge in [0.15, 0.2) is 0 Å². The second-order valence-electron chi connectivity index (χ2n) is 5.18. The topological polar surface area (TPSA) is 143 Å². The Morgan fingerprint density at radius 3 is 2.19 bits per heavy atom. The molecule has 0 aliphatic rings. The Labute approximate surface area is 149 Å². The number of aliphatic carboxylic acids is 1. The summed E-state index contributed by atoms with van der Waals surface area (Å²) in [5.74, 6) is -2.36. The van der Waals surface area contributed by atoms with E-state index in [2.05, 4.69) is 20.0 Å². The molecule has 0 unspecified atom stereocenters. The highest BCUT2D eigenvalue weighted by Gasteiger charge is 2.12. The molecule has 0 aliphatic heterocycles. The number of carbonyl (C=O) groups is 2. The van der Waals surface area contributed by atoms with Gasteiger partial charge in [0.05, 0.1) is 10.9 Å². The quantitative estimate of drug-likeness (QED) is 0.734. The van der Waals surface area contributed by atoms with E-state index < -0.39 is 21.9 Å². The molecule has 1 aromatic carbocycles. The first-order valence-corrected chi connectivity index (χ1v) is 8.70. The van der Waals surface area contributed by atoms with Gasteiger partial charge in [-0.05, 0) is 55.6 Å². The number of carbonyl (C=O) groups excluding carboxylic acids is 2. The number of anilines is 1. The summed E-state index contributed by atoms with van der Waals surface area (Å²) in [6.45, 7) is 3.40. The second kappa shape index (κ2) is 7.74. The third-order valence-corrected chi connectivity index (χ3v) is 4.23. The van der Waals surface area contributed by atoms with Gasteiger partial charge in [-0.2, -0.15) is 0 Å². The van der Waals surface area contributed by atoms with Crippen LogP contribution >= 0.6 is 0 Å². The first kappa shape index (κ1) is 19.1. The van der Waals surface area contributed by atoms with Gasteiger partial charge < -0.3 is 25.2 Å². The van der Waals surface area contributed by atoms with E-state index in [0.29, 0.717) is 17.5 Å². The molecule has 0 radical (unpaired) electrons. The number of carboxylic acids is 1. The van der Waals surface area contributed by atoms with Crippen molar-refractivity contribution in [1.29, 1.82) is 0 Å². The number of aromatic nitrogens is 2. The first-order valence-electron chi connectivity index (χ1n) is 7.26. The number of carboxylic acid groups (broad SMARTS) is 1. The summed E-state index contributed by atoms with van der Waals surface area (Å²) in [7, 11) is -4.03. The third kappa shape index (κ3) is 5.38. The van der Waals surface area contributed by atoms with Gasteiger partial charge in [0.25, 0.3) is 0 Å². The van der Waals surface area contributed by atoms with Crippen LogP contribution in [0, 0.1) is 13.8 Å². The van der Waals surface area contributed by atoms with Gasteiger partial charge in [-0.25, -0.2) is 8.42 Å². The molecule has 1 amide bonds. The van der Waals surface area contributed by atoms with Crippen LogP contribution in [0.15, 0.2) is 47.4 Å². The Morgan fingerprint density at radius 2 is 1.65 bits per heavy atom. The maximum Gasteiger partial charge on any atom is 0.248 e. The summed E-state index contributed by atoms with van der Waals surface area (Å²) in [4.78, 5) is 29.5. The fraction of sp³-hybridized carbons (Fsp3) is 0.125. The SMILES string of the molecule is Cc1cc(C)nc([N-]S(=O)(=O)c2ccc(NC(=O)C=CC(=O)[O-])cc2)n1. The van der Waals surface area contributed by atoms with Gasteiger partial charge >= 0.3 is 0 Å². The lowest BCUT2D eigenvalue weighted by Gasteiger charge is -2.15. The highest BCUT2D eigenvalue weighted by Crippen LogP contribution is 2.25. The van der Waals surface area contributed by atoms with E-state index in [-0.39, 0.29) is 16.5 Å². The van der Waals surface area contributed by atoms with Gasteiger partial charge in [0, 0.05) is 17.7 Å². The molecular formula is C16H14N4O5S-2. The highest BCUT2D eigenvalue weighted by atomic mass is 32.2. The summed E-state index contributed by atoms with van der Waals surface area (Å²) >= 11 is 0. The van der Waals surface area contributed by atoms with Crippen molar-refractivity contribution in [1.82, 2.24) is 9.97 Å². The number of amides is 1. The molecule has 0 saturated heterocycles. The number of hydrogen-bond donors (Lipinski definition) is 1. The van der Waals surface area contributed by atoms with E-state index in [4.69, 9.17) is 0 Å². The van der Waals surface area contributed by atoms with E-state index >= 15 is 0 Å². The fourth-order valence-electron chi connectivity index (χ4n) is 1.95. The lowest BCUT2D eigenvalue weighted by Crippen LogP contribution is -2.20. The number of nitrogens with one attached hydrogen (secondary N) is 1. The lowest BCUT2D eigenvalue weighted by molar-refractivity contribution is -0.297. The van der Waals surface area contributed by atoms with Crippen molar-refractivity contribution < 1.29 is 23.1 Å². The summed E-state index contributed by atoms with van der Waals surface area (Å²) in [5.41, 5.74) is 1.46. The average Bonchev–Trinajstić information content (AvgIpc) is 2.52. The van der Waals surface area contributed by atoms with E-state index in [1.807, 2.05) is 0 Å². The van der Waals surface area contributed by atoms with Gasteiger partial charge in [0.1, 0.15) is 0 Å². The molecule has 0 aliphatic carbocycles. The van der Waals surface area contributed by atoms with Crippen LogP contribution in [0.5, 0.6) is 0 Å². The summed E-state index contributed by atoms with van der Waals surface area (Å²) < 4.78 is 28.2. The largest absolute Gasteiger partial charge is 0.545 e. The number of nitrogens with zero attached hydrogens (tertiary/aromatic N) is 3. The molecule has 9 nitrogen and oxygen atoms in total. The molecule has 1 heterocycles. The molecule has 136 valence electrons. The van der Waals surface area contributed by atoms with Crippen LogP contribution in [-0.4, -0.2) is 30.3 Å². The van der Waals surface area contributed by atoms with Crippen LogP contribution < -0.4 is 10.4 Å². The average molecular weight is 374 g/mol. The number of sulfonamides is 1. The van der Waals surface area contributed by atoms with Crippen molar-refractivity contribution >= 4 is 33.5 Å². The Balaban J connectivity index is 2.13. The van der Waals surface area contributed by atoms with Crippen LogP contribution in [0.2, 0.25) is 0 Å².